The molecule has 114 valence electrons. The molecule has 0 aliphatic rings. The third kappa shape index (κ3) is 3.20. The normalized spacial score (nSPS) is 11.0. The maximum atomic E-state index is 12.0. The van der Waals surface area contributed by atoms with Crippen molar-refractivity contribution in [3.63, 3.8) is 0 Å². The number of fused-ring (bicyclic) bond motifs is 1. The molecule has 2 heterocycles. The van der Waals surface area contributed by atoms with Crippen LogP contribution in [0.5, 0.6) is 0 Å². The number of rotatable bonds is 6. The molecule has 1 amide bonds. The lowest BCUT2D eigenvalue weighted by Gasteiger charge is -2.01. The summed E-state index contributed by atoms with van der Waals surface area (Å²) >= 11 is 1.56. The number of carbonyl (C=O) groups is 1. The number of unbranched alkanes of at least 4 members (excludes halogenated alkanes) is 2. The summed E-state index contributed by atoms with van der Waals surface area (Å²) in [6.45, 7) is 2.82. The van der Waals surface area contributed by atoms with Crippen LogP contribution in [-0.4, -0.2) is 17.4 Å². The highest BCUT2D eigenvalue weighted by Crippen LogP contribution is 2.31. The third-order valence-corrected chi connectivity index (χ3v) is 4.45. The van der Waals surface area contributed by atoms with Gasteiger partial charge in [-0.25, -0.2) is 4.98 Å². The van der Waals surface area contributed by atoms with Crippen LogP contribution in [0.1, 0.15) is 36.7 Å². The fourth-order valence-corrected chi connectivity index (χ4v) is 3.14. The van der Waals surface area contributed by atoms with Gasteiger partial charge < -0.3 is 9.73 Å². The number of nitrogens with one attached hydrogen (secondary N) is 1. The van der Waals surface area contributed by atoms with Crippen LogP contribution in [0.4, 0.5) is 0 Å². The largest absolute Gasteiger partial charge is 0.448 e. The number of hydrogen-bond donors (Lipinski definition) is 1. The first-order valence-electron chi connectivity index (χ1n) is 7.52. The number of furan rings is 1. The van der Waals surface area contributed by atoms with Crippen LogP contribution in [0.15, 0.2) is 40.8 Å². The molecule has 0 atom stereocenters. The molecular formula is C17H18N2O2S. The van der Waals surface area contributed by atoms with Crippen molar-refractivity contribution in [1.29, 1.82) is 0 Å². The van der Waals surface area contributed by atoms with Crippen molar-refractivity contribution >= 4 is 27.5 Å². The summed E-state index contributed by atoms with van der Waals surface area (Å²) in [6.07, 6.45) is 3.25. The summed E-state index contributed by atoms with van der Waals surface area (Å²) in [4.78, 5) is 16.5. The lowest BCUT2D eigenvalue weighted by Crippen LogP contribution is -2.23. The van der Waals surface area contributed by atoms with Crippen molar-refractivity contribution in [2.45, 2.75) is 26.2 Å². The van der Waals surface area contributed by atoms with Gasteiger partial charge in [0.1, 0.15) is 0 Å². The molecule has 5 heteroatoms. The number of nitrogens with zero attached hydrogens (tertiary/aromatic N) is 1. The van der Waals surface area contributed by atoms with Gasteiger partial charge in [0.2, 0.25) is 0 Å². The molecule has 2 aromatic heterocycles. The molecule has 0 saturated heterocycles. The van der Waals surface area contributed by atoms with Crippen LogP contribution < -0.4 is 5.32 Å². The first-order chi connectivity index (χ1) is 10.8. The van der Waals surface area contributed by atoms with Crippen molar-refractivity contribution in [3.05, 3.63) is 42.2 Å². The standard InChI is InChI=1S/C17H18N2O2S/c1-2-3-6-11-18-16(20)13-9-10-14(21-13)17-19-12-7-4-5-8-15(12)22-17/h4-5,7-10H,2-3,6,11H2,1H3,(H,18,20). The van der Waals surface area contributed by atoms with Gasteiger partial charge >= 0.3 is 0 Å². The zero-order valence-electron chi connectivity index (χ0n) is 12.5. The Morgan fingerprint density at radius 2 is 2.09 bits per heavy atom. The van der Waals surface area contributed by atoms with Gasteiger partial charge in [-0.1, -0.05) is 31.9 Å². The first kappa shape index (κ1) is 14.8. The Balaban J connectivity index is 1.71. The van der Waals surface area contributed by atoms with Gasteiger partial charge in [-0.3, -0.25) is 4.79 Å². The zero-order valence-corrected chi connectivity index (χ0v) is 13.3. The second-order valence-corrected chi connectivity index (χ2v) is 6.14. The molecule has 0 aliphatic carbocycles. The van der Waals surface area contributed by atoms with Crippen LogP contribution in [0.25, 0.3) is 21.0 Å². The van der Waals surface area contributed by atoms with Gasteiger partial charge in [0.25, 0.3) is 5.91 Å². The van der Waals surface area contributed by atoms with Crippen LogP contribution in [0.2, 0.25) is 0 Å². The van der Waals surface area contributed by atoms with Crippen molar-refractivity contribution in [3.8, 4) is 10.8 Å². The van der Waals surface area contributed by atoms with E-state index in [-0.39, 0.29) is 5.91 Å². The number of amides is 1. The molecule has 3 rings (SSSR count). The predicted octanol–water partition coefficient (Wildman–Crippen LogP) is 4.48. The summed E-state index contributed by atoms with van der Waals surface area (Å²) in [6, 6.07) is 11.5. The van der Waals surface area contributed by atoms with Crippen LogP contribution >= 0.6 is 11.3 Å². The highest BCUT2D eigenvalue weighted by molar-refractivity contribution is 7.21. The number of carbonyl (C=O) groups excluding carboxylic acids is 1. The van der Waals surface area contributed by atoms with Crippen molar-refractivity contribution in [2.75, 3.05) is 6.54 Å². The van der Waals surface area contributed by atoms with Gasteiger partial charge in [-0.05, 0) is 30.7 Å². The minimum atomic E-state index is -0.163. The lowest BCUT2D eigenvalue weighted by atomic mass is 10.2. The molecule has 0 aliphatic heterocycles. The van der Waals surface area contributed by atoms with Crippen molar-refractivity contribution in [1.82, 2.24) is 10.3 Å². The molecular weight excluding hydrogens is 296 g/mol. The van der Waals surface area contributed by atoms with E-state index in [0.717, 1.165) is 34.5 Å². The summed E-state index contributed by atoms with van der Waals surface area (Å²) in [5.41, 5.74) is 0.949. The second kappa shape index (κ2) is 6.75. The van der Waals surface area contributed by atoms with Gasteiger partial charge in [-0.2, -0.15) is 0 Å². The average molecular weight is 314 g/mol. The molecule has 0 spiro atoms. The number of benzene rings is 1. The quantitative estimate of drug-likeness (QED) is 0.683. The Kier molecular flexibility index (Phi) is 4.53. The highest BCUT2D eigenvalue weighted by atomic mass is 32.1. The average Bonchev–Trinajstić information content (AvgIpc) is 3.17. The zero-order chi connectivity index (χ0) is 15.4. The van der Waals surface area contributed by atoms with E-state index in [1.54, 1.807) is 23.5 Å². The molecule has 0 unspecified atom stereocenters. The fraction of sp³-hybridized carbons (Fsp3) is 0.294. The van der Waals surface area contributed by atoms with Gasteiger partial charge in [-0.15, -0.1) is 11.3 Å². The molecule has 4 nitrogen and oxygen atoms in total. The van der Waals surface area contributed by atoms with E-state index in [1.807, 2.05) is 24.3 Å². The number of para-hydroxylation sites is 1. The van der Waals surface area contributed by atoms with Crippen molar-refractivity contribution < 1.29 is 9.21 Å². The Labute approximate surface area is 133 Å². The van der Waals surface area contributed by atoms with Crippen LogP contribution in [-0.2, 0) is 0 Å². The second-order valence-electron chi connectivity index (χ2n) is 5.11. The molecule has 0 radical (unpaired) electrons. The van der Waals surface area contributed by atoms with Crippen LogP contribution in [0, 0.1) is 0 Å². The van der Waals surface area contributed by atoms with Gasteiger partial charge in [0, 0.05) is 6.54 Å². The SMILES string of the molecule is CCCCCNC(=O)c1ccc(-c2nc3ccccc3s2)o1. The fourth-order valence-electron chi connectivity index (χ4n) is 2.22. The summed E-state index contributed by atoms with van der Waals surface area (Å²) < 4.78 is 6.76. The van der Waals surface area contributed by atoms with Gasteiger partial charge in [0.15, 0.2) is 16.5 Å². The van der Waals surface area contributed by atoms with E-state index in [9.17, 15) is 4.79 Å². The lowest BCUT2D eigenvalue weighted by molar-refractivity contribution is 0.0926. The number of thiazole rings is 1. The summed E-state index contributed by atoms with van der Waals surface area (Å²) in [5.74, 6) is 0.814. The van der Waals surface area contributed by atoms with Crippen molar-refractivity contribution in [2.24, 2.45) is 0 Å². The molecule has 1 N–H and O–H groups in total. The summed E-state index contributed by atoms with van der Waals surface area (Å²) in [7, 11) is 0. The Morgan fingerprint density at radius 1 is 1.23 bits per heavy atom. The summed E-state index contributed by atoms with van der Waals surface area (Å²) in [5, 5.41) is 3.67. The minimum Gasteiger partial charge on any atom is -0.448 e. The van der Waals surface area contributed by atoms with Gasteiger partial charge in [0.05, 0.1) is 10.2 Å². The molecule has 0 saturated carbocycles. The Morgan fingerprint density at radius 3 is 2.91 bits per heavy atom. The highest BCUT2D eigenvalue weighted by Gasteiger charge is 2.14. The minimum absolute atomic E-state index is 0.163. The van der Waals surface area contributed by atoms with E-state index >= 15 is 0 Å². The first-order valence-corrected chi connectivity index (χ1v) is 8.33. The molecule has 0 bridgehead atoms. The van der Waals surface area contributed by atoms with E-state index < -0.39 is 0 Å². The van der Waals surface area contributed by atoms with E-state index in [0.29, 0.717) is 18.1 Å². The van der Waals surface area contributed by atoms with Crippen LogP contribution in [0.3, 0.4) is 0 Å². The third-order valence-electron chi connectivity index (χ3n) is 3.40. The topological polar surface area (TPSA) is 55.1 Å². The molecule has 1 aromatic carbocycles. The maximum Gasteiger partial charge on any atom is 0.287 e. The van der Waals surface area contributed by atoms with E-state index in [4.69, 9.17) is 4.42 Å². The molecule has 22 heavy (non-hydrogen) atoms. The number of hydrogen-bond acceptors (Lipinski definition) is 4. The Hall–Kier alpha value is -2.14. The predicted molar refractivity (Wildman–Crippen MR) is 89.2 cm³/mol. The van der Waals surface area contributed by atoms with E-state index in [2.05, 4.69) is 17.2 Å². The maximum absolute atomic E-state index is 12.0. The smallest absolute Gasteiger partial charge is 0.287 e. The van der Waals surface area contributed by atoms with E-state index in [1.165, 1.54) is 0 Å². The molecule has 3 aromatic rings. The molecule has 0 fully saturated rings. The number of aromatic nitrogens is 1. The monoisotopic (exact) mass is 314 g/mol. The Bertz CT molecular complexity index is 743.